The van der Waals surface area contributed by atoms with E-state index in [1.807, 2.05) is 31.2 Å². The molecule has 3 aromatic carbocycles. The van der Waals surface area contributed by atoms with Crippen LogP contribution in [0.2, 0.25) is 0 Å². The van der Waals surface area contributed by atoms with Gasteiger partial charge in [0.2, 0.25) is 5.88 Å². The summed E-state index contributed by atoms with van der Waals surface area (Å²) in [5.41, 5.74) is 2.28. The van der Waals surface area contributed by atoms with Crippen LogP contribution in [0.15, 0.2) is 76.5 Å². The van der Waals surface area contributed by atoms with Gasteiger partial charge in [-0.2, -0.15) is 0 Å². The van der Waals surface area contributed by atoms with Crippen LogP contribution in [-0.2, 0) is 0 Å². The number of aliphatic imine (C=N–C) groups is 1. The molecule has 4 aromatic rings. The molecule has 0 saturated heterocycles. The second-order valence-electron chi connectivity index (χ2n) is 7.01. The lowest BCUT2D eigenvalue weighted by molar-refractivity contribution is 0.355. The van der Waals surface area contributed by atoms with Crippen molar-refractivity contribution >= 4 is 22.7 Å². The van der Waals surface area contributed by atoms with E-state index < -0.39 is 0 Å². The van der Waals surface area contributed by atoms with Crippen LogP contribution in [-0.4, -0.2) is 30.1 Å². The van der Waals surface area contributed by atoms with Gasteiger partial charge in [-0.1, -0.05) is 36.4 Å². The molecule has 1 aromatic heterocycles. The first-order chi connectivity index (χ1) is 15.0. The van der Waals surface area contributed by atoms with Crippen molar-refractivity contribution in [3.8, 4) is 23.1 Å². The summed E-state index contributed by atoms with van der Waals surface area (Å²) >= 11 is 0. The molecule has 0 spiro atoms. The van der Waals surface area contributed by atoms with Crippen LogP contribution < -0.4 is 15.0 Å². The number of aromatic nitrogens is 1. The number of hydrogen-bond donors (Lipinski definition) is 1. The van der Waals surface area contributed by atoms with Gasteiger partial charge < -0.3 is 14.6 Å². The van der Waals surface area contributed by atoms with E-state index in [4.69, 9.17) is 9.47 Å². The number of benzene rings is 3. The van der Waals surface area contributed by atoms with Crippen LogP contribution >= 0.6 is 0 Å². The topological polar surface area (TPSA) is 73.0 Å². The van der Waals surface area contributed by atoms with Gasteiger partial charge in [0.1, 0.15) is 0 Å². The van der Waals surface area contributed by atoms with E-state index in [1.165, 1.54) is 4.57 Å². The minimum absolute atomic E-state index is 0.165. The predicted molar refractivity (Wildman–Crippen MR) is 123 cm³/mol. The molecule has 0 saturated carbocycles. The summed E-state index contributed by atoms with van der Waals surface area (Å²) in [6, 6.07) is 19.9. The van der Waals surface area contributed by atoms with Gasteiger partial charge in [0, 0.05) is 23.1 Å². The summed E-state index contributed by atoms with van der Waals surface area (Å²) in [5, 5.41) is 12.3. The molecular formula is C25H22N2O4. The standard InChI is InChI=1S/C25H22N2O4/c1-16-8-4-7-11-21(16)27-24(28)19-10-6-5-9-18(19)20(25(27)29)15-26-17-12-13-22(30-2)23(14-17)31-3/h4-15,29H,1-3H3. The van der Waals surface area contributed by atoms with Crippen molar-refractivity contribution in [1.82, 2.24) is 4.57 Å². The van der Waals surface area contributed by atoms with Gasteiger partial charge in [0.15, 0.2) is 11.5 Å². The minimum Gasteiger partial charge on any atom is -0.494 e. The zero-order chi connectivity index (χ0) is 22.0. The number of rotatable bonds is 5. The zero-order valence-corrected chi connectivity index (χ0v) is 17.5. The van der Waals surface area contributed by atoms with Gasteiger partial charge in [-0.15, -0.1) is 0 Å². The lowest BCUT2D eigenvalue weighted by Gasteiger charge is -2.15. The Morgan fingerprint density at radius 3 is 2.29 bits per heavy atom. The Morgan fingerprint density at radius 1 is 0.903 bits per heavy atom. The van der Waals surface area contributed by atoms with Gasteiger partial charge in [-0.25, -0.2) is 4.57 Å². The Kier molecular flexibility index (Phi) is 5.45. The Bertz CT molecular complexity index is 1360. The van der Waals surface area contributed by atoms with Crippen molar-refractivity contribution in [2.45, 2.75) is 6.92 Å². The van der Waals surface area contributed by atoms with Crippen molar-refractivity contribution in [3.05, 3.63) is 88.2 Å². The van der Waals surface area contributed by atoms with Crippen LogP contribution in [0.5, 0.6) is 17.4 Å². The lowest BCUT2D eigenvalue weighted by atomic mass is 10.1. The molecule has 156 valence electrons. The molecule has 1 heterocycles. The first-order valence-corrected chi connectivity index (χ1v) is 9.74. The highest BCUT2D eigenvalue weighted by Crippen LogP contribution is 2.32. The molecule has 0 fully saturated rings. The van der Waals surface area contributed by atoms with Crippen LogP contribution in [0.1, 0.15) is 11.1 Å². The van der Waals surface area contributed by atoms with Gasteiger partial charge in [0.05, 0.1) is 31.2 Å². The SMILES string of the molecule is COc1ccc(N=Cc2c(O)n(-c3ccccc3C)c(=O)c3ccccc23)cc1OC. The molecule has 0 unspecified atom stereocenters. The van der Waals surface area contributed by atoms with Crippen molar-refractivity contribution in [2.75, 3.05) is 14.2 Å². The fraction of sp³-hybridized carbons (Fsp3) is 0.120. The number of para-hydroxylation sites is 1. The Morgan fingerprint density at radius 2 is 1.58 bits per heavy atom. The molecule has 0 bridgehead atoms. The number of aromatic hydroxyl groups is 1. The summed E-state index contributed by atoms with van der Waals surface area (Å²) in [7, 11) is 3.13. The molecule has 4 rings (SSSR count). The highest BCUT2D eigenvalue weighted by molar-refractivity contribution is 6.02. The van der Waals surface area contributed by atoms with Crippen molar-refractivity contribution in [2.24, 2.45) is 4.99 Å². The molecule has 0 atom stereocenters. The Balaban J connectivity index is 1.93. The van der Waals surface area contributed by atoms with Crippen LogP contribution in [0, 0.1) is 6.92 Å². The molecule has 0 aliphatic carbocycles. The number of pyridine rings is 1. The molecule has 0 aliphatic rings. The molecule has 0 amide bonds. The third-order valence-corrected chi connectivity index (χ3v) is 5.17. The molecule has 6 nitrogen and oxygen atoms in total. The van der Waals surface area contributed by atoms with E-state index in [1.54, 1.807) is 62.9 Å². The maximum Gasteiger partial charge on any atom is 0.265 e. The number of hydrogen-bond acceptors (Lipinski definition) is 5. The van der Waals surface area contributed by atoms with Gasteiger partial charge in [0.25, 0.3) is 5.56 Å². The number of fused-ring (bicyclic) bond motifs is 1. The summed E-state index contributed by atoms with van der Waals surface area (Å²) in [4.78, 5) is 17.7. The molecule has 0 radical (unpaired) electrons. The normalized spacial score (nSPS) is 11.2. The monoisotopic (exact) mass is 414 g/mol. The number of ether oxygens (including phenoxy) is 2. The van der Waals surface area contributed by atoms with E-state index in [-0.39, 0.29) is 11.4 Å². The second kappa shape index (κ2) is 8.36. The number of methoxy groups -OCH3 is 2. The molecule has 0 aliphatic heterocycles. The third kappa shape index (κ3) is 3.64. The average Bonchev–Trinajstić information content (AvgIpc) is 2.80. The van der Waals surface area contributed by atoms with Crippen LogP contribution in [0.25, 0.3) is 16.5 Å². The van der Waals surface area contributed by atoms with E-state index in [2.05, 4.69) is 4.99 Å². The number of nitrogens with zero attached hydrogens (tertiary/aromatic N) is 2. The van der Waals surface area contributed by atoms with Crippen molar-refractivity contribution in [1.29, 1.82) is 0 Å². The quantitative estimate of drug-likeness (QED) is 0.477. The lowest BCUT2D eigenvalue weighted by Crippen LogP contribution is -2.20. The average molecular weight is 414 g/mol. The van der Waals surface area contributed by atoms with Crippen molar-refractivity contribution in [3.63, 3.8) is 0 Å². The van der Waals surface area contributed by atoms with Gasteiger partial charge in [-0.05, 0) is 36.8 Å². The maximum absolute atomic E-state index is 13.2. The number of aryl methyl sites for hydroxylation is 1. The van der Waals surface area contributed by atoms with Crippen LogP contribution in [0.4, 0.5) is 5.69 Å². The van der Waals surface area contributed by atoms with E-state index in [0.717, 1.165) is 5.56 Å². The van der Waals surface area contributed by atoms with Crippen LogP contribution in [0.3, 0.4) is 0 Å². The highest BCUT2D eigenvalue weighted by Gasteiger charge is 2.17. The highest BCUT2D eigenvalue weighted by atomic mass is 16.5. The Labute approximate surface area is 179 Å². The van der Waals surface area contributed by atoms with E-state index in [0.29, 0.717) is 39.2 Å². The second-order valence-corrected chi connectivity index (χ2v) is 7.01. The minimum atomic E-state index is -0.286. The molecule has 31 heavy (non-hydrogen) atoms. The molecule has 6 heteroatoms. The summed E-state index contributed by atoms with van der Waals surface area (Å²) in [6.07, 6.45) is 1.56. The first kappa shape index (κ1) is 20.2. The third-order valence-electron chi connectivity index (χ3n) is 5.17. The van der Waals surface area contributed by atoms with Crippen molar-refractivity contribution < 1.29 is 14.6 Å². The smallest absolute Gasteiger partial charge is 0.265 e. The largest absolute Gasteiger partial charge is 0.494 e. The summed E-state index contributed by atoms with van der Waals surface area (Å²) in [6.45, 7) is 1.90. The fourth-order valence-corrected chi connectivity index (χ4v) is 3.57. The van der Waals surface area contributed by atoms with E-state index >= 15 is 0 Å². The van der Waals surface area contributed by atoms with Gasteiger partial charge in [-0.3, -0.25) is 9.79 Å². The maximum atomic E-state index is 13.2. The summed E-state index contributed by atoms with van der Waals surface area (Å²) in [5.74, 6) is 0.987. The first-order valence-electron chi connectivity index (χ1n) is 9.74. The van der Waals surface area contributed by atoms with Gasteiger partial charge >= 0.3 is 0 Å². The fourth-order valence-electron chi connectivity index (χ4n) is 3.57. The zero-order valence-electron chi connectivity index (χ0n) is 17.5. The molecular weight excluding hydrogens is 392 g/mol. The summed E-state index contributed by atoms with van der Waals surface area (Å²) < 4.78 is 11.9. The predicted octanol–water partition coefficient (Wildman–Crippen LogP) is 4.77. The molecule has 1 N–H and O–H groups in total. The Hall–Kier alpha value is -4.06. The van der Waals surface area contributed by atoms with E-state index in [9.17, 15) is 9.90 Å².